The fraction of sp³-hybridized carbons (Fsp3) is 0.320. The number of nitrogens with one attached hydrogen (secondary N) is 3. The molecule has 3 N–H and O–H groups in total. The average molecular weight is 424 g/mol. The number of hydrogen-bond acceptors (Lipinski definition) is 3. The lowest BCUT2D eigenvalue weighted by Gasteiger charge is -2.20. The highest BCUT2D eigenvalue weighted by Crippen LogP contribution is 2.16. The van der Waals surface area contributed by atoms with Crippen LogP contribution in [-0.2, 0) is 19.6 Å². The first-order chi connectivity index (χ1) is 15.0. The third-order valence-electron chi connectivity index (χ3n) is 5.15. The Bertz CT molecular complexity index is 953. The SMILES string of the molecule is COc1ccccc1C[NH+](Cc1ccccc1)Cc1ccc(C(=O)NCC[NH+](C)C)o1. The monoisotopic (exact) mass is 423 g/mol. The maximum Gasteiger partial charge on any atom is 0.287 e. The minimum Gasteiger partial charge on any atom is -0.496 e. The molecule has 31 heavy (non-hydrogen) atoms. The zero-order valence-corrected chi connectivity index (χ0v) is 18.6. The van der Waals surface area contributed by atoms with E-state index in [2.05, 4.69) is 49.7 Å². The summed E-state index contributed by atoms with van der Waals surface area (Å²) in [6, 6.07) is 22.2. The van der Waals surface area contributed by atoms with Gasteiger partial charge in [-0.25, -0.2) is 0 Å². The molecule has 1 heterocycles. The molecule has 0 saturated carbocycles. The average Bonchev–Trinajstić information content (AvgIpc) is 3.23. The van der Waals surface area contributed by atoms with Crippen molar-refractivity contribution >= 4 is 5.91 Å². The molecule has 1 unspecified atom stereocenters. The Kier molecular flexibility index (Phi) is 8.27. The number of quaternary nitrogens is 2. The summed E-state index contributed by atoms with van der Waals surface area (Å²) >= 11 is 0. The number of rotatable bonds is 11. The van der Waals surface area contributed by atoms with Gasteiger partial charge in [0.1, 0.15) is 25.4 Å². The van der Waals surface area contributed by atoms with E-state index in [0.717, 1.165) is 36.7 Å². The van der Waals surface area contributed by atoms with E-state index in [0.29, 0.717) is 18.8 Å². The Balaban J connectivity index is 1.71. The zero-order valence-electron chi connectivity index (χ0n) is 18.6. The largest absolute Gasteiger partial charge is 0.496 e. The smallest absolute Gasteiger partial charge is 0.287 e. The van der Waals surface area contributed by atoms with Gasteiger partial charge in [-0.15, -0.1) is 0 Å². The molecule has 0 bridgehead atoms. The number of carbonyl (C=O) groups excluding carboxylic acids is 1. The first-order valence-corrected chi connectivity index (χ1v) is 10.7. The van der Waals surface area contributed by atoms with Crippen LogP contribution < -0.4 is 19.9 Å². The van der Waals surface area contributed by atoms with Crippen molar-refractivity contribution in [1.82, 2.24) is 5.32 Å². The quantitative estimate of drug-likeness (QED) is 0.430. The second-order valence-electron chi connectivity index (χ2n) is 8.06. The zero-order chi connectivity index (χ0) is 22.1. The van der Waals surface area contributed by atoms with E-state index < -0.39 is 0 Å². The lowest BCUT2D eigenvalue weighted by Crippen LogP contribution is -3.08. The van der Waals surface area contributed by atoms with Gasteiger partial charge in [-0.1, -0.05) is 42.5 Å². The Labute approximate surface area is 184 Å². The summed E-state index contributed by atoms with van der Waals surface area (Å²) in [6.07, 6.45) is 0. The summed E-state index contributed by atoms with van der Waals surface area (Å²) in [6.45, 7) is 3.78. The number of likely N-dealkylation sites (N-methyl/N-ethyl adjacent to an activating group) is 1. The second kappa shape index (κ2) is 11.3. The van der Waals surface area contributed by atoms with Gasteiger partial charge >= 0.3 is 0 Å². The molecule has 0 aliphatic rings. The molecule has 3 aromatic rings. The molecule has 6 nitrogen and oxygen atoms in total. The molecule has 3 rings (SSSR count). The fourth-order valence-electron chi connectivity index (χ4n) is 3.54. The van der Waals surface area contributed by atoms with Crippen LogP contribution in [-0.4, -0.2) is 40.2 Å². The molecule has 0 radical (unpaired) electrons. The summed E-state index contributed by atoms with van der Waals surface area (Å²) in [4.78, 5) is 14.9. The Morgan fingerprint density at radius 1 is 0.935 bits per heavy atom. The van der Waals surface area contributed by atoms with Crippen LogP contribution >= 0.6 is 0 Å². The van der Waals surface area contributed by atoms with Crippen molar-refractivity contribution in [2.24, 2.45) is 0 Å². The van der Waals surface area contributed by atoms with Crippen molar-refractivity contribution in [3.8, 4) is 5.75 Å². The molecule has 1 amide bonds. The molecule has 6 heteroatoms. The van der Waals surface area contributed by atoms with Crippen LogP contribution in [0.2, 0.25) is 0 Å². The summed E-state index contributed by atoms with van der Waals surface area (Å²) in [5.74, 6) is 1.88. The Hall–Kier alpha value is -3.09. The molecule has 0 spiro atoms. The molecular formula is C25H33N3O3+2. The molecule has 1 atom stereocenters. The van der Waals surface area contributed by atoms with E-state index in [1.54, 1.807) is 13.2 Å². The number of furan rings is 1. The van der Waals surface area contributed by atoms with E-state index in [1.165, 1.54) is 15.4 Å². The van der Waals surface area contributed by atoms with E-state index in [9.17, 15) is 4.79 Å². The Morgan fingerprint density at radius 3 is 2.42 bits per heavy atom. The van der Waals surface area contributed by atoms with Crippen molar-refractivity contribution in [1.29, 1.82) is 0 Å². The van der Waals surface area contributed by atoms with Gasteiger partial charge in [0.05, 0.1) is 34.3 Å². The number of amides is 1. The van der Waals surface area contributed by atoms with Gasteiger partial charge in [0, 0.05) is 11.1 Å². The molecular weight excluding hydrogens is 390 g/mol. The van der Waals surface area contributed by atoms with Crippen molar-refractivity contribution in [3.05, 3.63) is 89.4 Å². The summed E-state index contributed by atoms with van der Waals surface area (Å²) in [5.41, 5.74) is 2.40. The summed E-state index contributed by atoms with van der Waals surface area (Å²) in [5, 5.41) is 2.91. The van der Waals surface area contributed by atoms with Gasteiger partial charge in [0.2, 0.25) is 0 Å². The van der Waals surface area contributed by atoms with Crippen LogP contribution in [0, 0.1) is 0 Å². The van der Waals surface area contributed by atoms with Crippen LogP contribution in [0.1, 0.15) is 27.4 Å². The number of methoxy groups -OCH3 is 1. The van der Waals surface area contributed by atoms with Crippen molar-refractivity contribution < 1.29 is 23.7 Å². The van der Waals surface area contributed by atoms with E-state index >= 15 is 0 Å². The van der Waals surface area contributed by atoms with Crippen LogP contribution in [0.15, 0.2) is 71.1 Å². The second-order valence-corrected chi connectivity index (χ2v) is 8.06. The van der Waals surface area contributed by atoms with Crippen LogP contribution in [0.5, 0.6) is 5.75 Å². The number of hydrogen-bond donors (Lipinski definition) is 3. The first-order valence-electron chi connectivity index (χ1n) is 10.7. The predicted molar refractivity (Wildman–Crippen MR) is 120 cm³/mol. The standard InChI is InChI=1S/C25H31N3O3/c1-27(2)16-15-26-25(29)24-14-13-22(31-24)19-28(17-20-9-5-4-6-10-20)18-21-11-7-8-12-23(21)30-3/h4-14H,15-19H2,1-3H3,(H,26,29)/p+2. The molecule has 1 aromatic heterocycles. The van der Waals surface area contributed by atoms with Gasteiger partial charge < -0.3 is 24.3 Å². The van der Waals surface area contributed by atoms with Crippen LogP contribution in [0.4, 0.5) is 0 Å². The number of para-hydroxylation sites is 1. The maximum atomic E-state index is 12.4. The minimum absolute atomic E-state index is 0.165. The van der Waals surface area contributed by atoms with Crippen LogP contribution in [0.3, 0.4) is 0 Å². The molecule has 164 valence electrons. The number of ether oxygens (including phenoxy) is 1. The number of carbonyl (C=O) groups is 1. The number of benzene rings is 2. The molecule has 0 fully saturated rings. The third-order valence-corrected chi connectivity index (χ3v) is 5.15. The van der Waals surface area contributed by atoms with Crippen molar-refractivity contribution in [3.63, 3.8) is 0 Å². The Morgan fingerprint density at radius 2 is 1.68 bits per heavy atom. The van der Waals surface area contributed by atoms with Crippen molar-refractivity contribution in [2.45, 2.75) is 19.6 Å². The normalized spacial score (nSPS) is 12.0. The highest BCUT2D eigenvalue weighted by atomic mass is 16.5. The molecule has 0 aliphatic heterocycles. The van der Waals surface area contributed by atoms with E-state index in [-0.39, 0.29) is 5.91 Å². The van der Waals surface area contributed by atoms with E-state index in [4.69, 9.17) is 9.15 Å². The van der Waals surface area contributed by atoms with Crippen LogP contribution in [0.25, 0.3) is 0 Å². The van der Waals surface area contributed by atoms with Crippen molar-refractivity contribution in [2.75, 3.05) is 34.3 Å². The van der Waals surface area contributed by atoms with Gasteiger partial charge in [-0.2, -0.15) is 0 Å². The van der Waals surface area contributed by atoms with Gasteiger partial charge in [0.15, 0.2) is 11.5 Å². The highest BCUT2D eigenvalue weighted by Gasteiger charge is 2.18. The summed E-state index contributed by atoms with van der Waals surface area (Å²) in [7, 11) is 5.82. The minimum atomic E-state index is -0.165. The highest BCUT2D eigenvalue weighted by molar-refractivity contribution is 5.91. The molecule has 0 saturated heterocycles. The topological polar surface area (TPSA) is 60.4 Å². The maximum absolute atomic E-state index is 12.4. The van der Waals surface area contributed by atoms with E-state index in [1.807, 2.05) is 30.3 Å². The lowest BCUT2D eigenvalue weighted by atomic mass is 10.1. The van der Waals surface area contributed by atoms with Gasteiger partial charge in [-0.3, -0.25) is 4.79 Å². The third kappa shape index (κ3) is 6.98. The molecule has 0 aliphatic carbocycles. The fourth-order valence-corrected chi connectivity index (χ4v) is 3.54. The van der Waals surface area contributed by atoms with Gasteiger partial charge in [0.25, 0.3) is 5.91 Å². The first kappa shape index (κ1) is 22.6. The summed E-state index contributed by atoms with van der Waals surface area (Å²) < 4.78 is 11.4. The molecule has 2 aromatic carbocycles. The lowest BCUT2D eigenvalue weighted by molar-refractivity contribution is -0.942. The van der Waals surface area contributed by atoms with Gasteiger partial charge in [-0.05, 0) is 24.3 Å². The predicted octanol–water partition coefficient (Wildman–Crippen LogP) is 0.948.